The first-order chi connectivity index (χ1) is 14.6. The van der Waals surface area contributed by atoms with E-state index in [1.807, 2.05) is 0 Å². The predicted molar refractivity (Wildman–Crippen MR) is 111 cm³/mol. The Labute approximate surface area is 177 Å². The molecule has 0 saturated carbocycles. The molecular formula is C20H14F3N3O4S. The van der Waals surface area contributed by atoms with E-state index in [0.29, 0.717) is 11.0 Å². The maximum absolute atomic E-state index is 12.6. The Kier molecular flexibility index (Phi) is 5.97. The van der Waals surface area contributed by atoms with Crippen LogP contribution >= 0.6 is 11.3 Å². The van der Waals surface area contributed by atoms with Crippen molar-refractivity contribution in [1.82, 2.24) is 0 Å². The van der Waals surface area contributed by atoms with Crippen molar-refractivity contribution >= 4 is 51.0 Å². The van der Waals surface area contributed by atoms with Crippen molar-refractivity contribution < 1.29 is 32.3 Å². The van der Waals surface area contributed by atoms with Gasteiger partial charge in [0.25, 0.3) is 5.91 Å². The molecule has 0 fully saturated rings. The Morgan fingerprint density at radius 1 is 1.29 bits per heavy atom. The summed E-state index contributed by atoms with van der Waals surface area (Å²) >= 11 is 0.861. The van der Waals surface area contributed by atoms with Crippen LogP contribution in [0.25, 0.3) is 16.5 Å². The fraction of sp³-hybridized carbons (Fsp3) is 0.0500. The number of aromatic carboxylic acids is 1. The van der Waals surface area contributed by atoms with Crippen molar-refractivity contribution in [3.8, 4) is 0 Å². The van der Waals surface area contributed by atoms with E-state index in [1.165, 1.54) is 11.4 Å². The second-order valence-electron chi connectivity index (χ2n) is 6.09. The van der Waals surface area contributed by atoms with Crippen LogP contribution in [0.2, 0.25) is 0 Å². The van der Waals surface area contributed by atoms with Gasteiger partial charge in [0.15, 0.2) is 5.76 Å². The summed E-state index contributed by atoms with van der Waals surface area (Å²) in [4.78, 5) is 27.5. The molecule has 0 atom stereocenters. The molecule has 0 aliphatic heterocycles. The van der Waals surface area contributed by atoms with Crippen LogP contribution < -0.4 is 11.1 Å². The first-order valence-electron chi connectivity index (χ1n) is 8.49. The van der Waals surface area contributed by atoms with E-state index in [2.05, 4.69) is 16.9 Å². The summed E-state index contributed by atoms with van der Waals surface area (Å²) < 4.78 is 43.2. The molecule has 2 aromatic heterocycles. The monoisotopic (exact) mass is 449 g/mol. The molecule has 0 spiro atoms. The summed E-state index contributed by atoms with van der Waals surface area (Å²) in [5, 5.41) is 14.0. The van der Waals surface area contributed by atoms with Crippen molar-refractivity contribution in [3.63, 3.8) is 0 Å². The molecule has 0 aliphatic rings. The van der Waals surface area contributed by atoms with Crippen LogP contribution in [0.4, 0.5) is 18.2 Å². The van der Waals surface area contributed by atoms with Crippen molar-refractivity contribution in [2.45, 2.75) is 6.18 Å². The number of allylic oxidation sites excluding steroid dienone is 2. The van der Waals surface area contributed by atoms with Gasteiger partial charge in [-0.15, -0.1) is 11.3 Å². The first-order valence-corrected chi connectivity index (χ1v) is 9.37. The highest BCUT2D eigenvalue weighted by Crippen LogP contribution is 2.33. The van der Waals surface area contributed by atoms with Gasteiger partial charge >= 0.3 is 12.1 Å². The van der Waals surface area contributed by atoms with Crippen molar-refractivity contribution in [3.05, 3.63) is 71.1 Å². The van der Waals surface area contributed by atoms with Crippen molar-refractivity contribution in [2.24, 2.45) is 10.7 Å². The Morgan fingerprint density at radius 2 is 2.00 bits per heavy atom. The lowest BCUT2D eigenvalue weighted by atomic mass is 10.1. The number of carboxylic acid groups (broad SMARTS) is 1. The molecule has 4 N–H and O–H groups in total. The summed E-state index contributed by atoms with van der Waals surface area (Å²) in [7, 11) is 0. The second kappa shape index (κ2) is 8.48. The van der Waals surface area contributed by atoms with E-state index in [1.54, 1.807) is 24.3 Å². The highest BCUT2D eigenvalue weighted by atomic mass is 32.1. The zero-order chi connectivity index (χ0) is 22.8. The number of carbonyl (C=O) groups excluding carboxylic acids is 1. The fourth-order valence-corrected chi connectivity index (χ4v) is 3.51. The standard InChI is InChI=1S/C20H14F3N3O4S/c1-10(20(21,22)23)25-8-12(7-24)13-9-31-18(16(13)19(28)29)26-17(27)15-6-11-4-2-3-5-14(11)30-15/h2-9H,1,24H2,(H,26,27)(H,28,29)/b12-7+,25-8-. The number of carbonyl (C=O) groups is 2. The minimum atomic E-state index is -4.74. The van der Waals surface area contributed by atoms with Gasteiger partial charge in [-0.2, -0.15) is 13.2 Å². The lowest BCUT2D eigenvalue weighted by Crippen LogP contribution is -2.13. The molecule has 3 aromatic rings. The van der Waals surface area contributed by atoms with Crippen LogP contribution in [0, 0.1) is 0 Å². The third-order valence-electron chi connectivity index (χ3n) is 4.06. The topological polar surface area (TPSA) is 118 Å². The van der Waals surface area contributed by atoms with Crippen LogP contribution in [-0.2, 0) is 0 Å². The summed E-state index contributed by atoms with van der Waals surface area (Å²) in [6.07, 6.45) is -3.08. The van der Waals surface area contributed by atoms with E-state index in [-0.39, 0.29) is 27.5 Å². The zero-order valence-electron chi connectivity index (χ0n) is 15.6. The third-order valence-corrected chi connectivity index (χ3v) is 4.95. The van der Waals surface area contributed by atoms with Gasteiger partial charge in [-0.1, -0.05) is 24.8 Å². The molecule has 0 radical (unpaired) electrons. The first kappa shape index (κ1) is 21.8. The predicted octanol–water partition coefficient (Wildman–Crippen LogP) is 4.89. The number of amides is 1. The number of hydrogen-bond donors (Lipinski definition) is 3. The minimum Gasteiger partial charge on any atom is -0.478 e. The van der Waals surface area contributed by atoms with E-state index >= 15 is 0 Å². The summed E-state index contributed by atoms with van der Waals surface area (Å²) in [6, 6.07) is 8.42. The van der Waals surface area contributed by atoms with Gasteiger partial charge in [0.05, 0.1) is 0 Å². The van der Waals surface area contributed by atoms with Crippen LogP contribution in [-0.4, -0.2) is 29.4 Å². The number of fused-ring (bicyclic) bond motifs is 1. The van der Waals surface area contributed by atoms with E-state index in [9.17, 15) is 27.9 Å². The van der Waals surface area contributed by atoms with Crippen LogP contribution in [0.5, 0.6) is 0 Å². The number of para-hydroxylation sites is 1. The Hall–Kier alpha value is -3.86. The average Bonchev–Trinajstić information content (AvgIpc) is 3.32. The zero-order valence-corrected chi connectivity index (χ0v) is 16.4. The molecule has 0 aliphatic carbocycles. The number of furan rings is 1. The van der Waals surface area contributed by atoms with Gasteiger partial charge < -0.3 is 20.6 Å². The molecule has 1 amide bonds. The number of rotatable bonds is 6. The smallest absolute Gasteiger partial charge is 0.432 e. The second-order valence-corrected chi connectivity index (χ2v) is 6.97. The molecule has 160 valence electrons. The average molecular weight is 449 g/mol. The maximum atomic E-state index is 12.6. The molecule has 11 heteroatoms. The number of carboxylic acids is 1. The minimum absolute atomic E-state index is 0.0152. The number of anilines is 1. The number of nitrogens with zero attached hydrogens (tertiary/aromatic N) is 1. The highest BCUT2D eigenvalue weighted by Gasteiger charge is 2.32. The lowest BCUT2D eigenvalue weighted by molar-refractivity contribution is -0.0918. The third kappa shape index (κ3) is 4.67. The summed E-state index contributed by atoms with van der Waals surface area (Å²) in [5.74, 6) is -2.15. The number of hydrogen-bond acceptors (Lipinski definition) is 6. The molecule has 0 bridgehead atoms. The molecule has 0 unspecified atom stereocenters. The Bertz CT molecular complexity index is 1200. The van der Waals surface area contributed by atoms with Crippen molar-refractivity contribution in [2.75, 3.05) is 5.32 Å². The normalized spacial score (nSPS) is 12.4. The highest BCUT2D eigenvalue weighted by molar-refractivity contribution is 7.15. The quantitative estimate of drug-likeness (QED) is 0.463. The molecule has 1 aromatic carbocycles. The molecule has 2 heterocycles. The molecule has 31 heavy (non-hydrogen) atoms. The van der Waals surface area contributed by atoms with E-state index in [4.69, 9.17) is 10.2 Å². The Morgan fingerprint density at radius 3 is 2.61 bits per heavy atom. The largest absolute Gasteiger partial charge is 0.478 e. The number of thiophene rings is 1. The number of nitrogens with one attached hydrogen (secondary N) is 1. The van der Waals surface area contributed by atoms with Crippen molar-refractivity contribution in [1.29, 1.82) is 0 Å². The summed E-state index contributed by atoms with van der Waals surface area (Å²) in [6.45, 7) is 2.81. The van der Waals surface area contributed by atoms with Gasteiger partial charge in [-0.3, -0.25) is 9.79 Å². The van der Waals surface area contributed by atoms with Crippen LogP contribution in [0.15, 0.2) is 63.6 Å². The van der Waals surface area contributed by atoms with Crippen LogP contribution in [0.1, 0.15) is 26.5 Å². The van der Waals surface area contributed by atoms with Gasteiger partial charge in [-0.25, -0.2) is 4.79 Å². The van der Waals surface area contributed by atoms with Gasteiger partial charge in [0.2, 0.25) is 0 Å². The SMILES string of the molecule is C=C(/N=C\C(=C/N)c1csc(NC(=O)c2cc3ccccc3o2)c1C(=O)O)C(F)(F)F. The molecule has 3 rings (SSSR count). The summed E-state index contributed by atoms with van der Waals surface area (Å²) in [5.41, 5.74) is 4.10. The number of aliphatic imine (C=N–C) groups is 1. The van der Waals surface area contributed by atoms with E-state index < -0.39 is 23.7 Å². The Balaban J connectivity index is 1.91. The van der Waals surface area contributed by atoms with Gasteiger partial charge in [0.1, 0.15) is 21.8 Å². The van der Waals surface area contributed by atoms with Crippen LogP contribution in [0.3, 0.4) is 0 Å². The lowest BCUT2D eigenvalue weighted by Gasteiger charge is -2.06. The maximum Gasteiger partial charge on any atom is 0.432 e. The number of benzene rings is 1. The molecule has 0 saturated heterocycles. The number of nitrogens with two attached hydrogens (primary N) is 1. The number of halogens is 3. The fourth-order valence-electron chi connectivity index (χ4n) is 2.56. The van der Waals surface area contributed by atoms with Gasteiger partial charge in [-0.05, 0) is 12.1 Å². The van der Waals surface area contributed by atoms with E-state index in [0.717, 1.165) is 23.8 Å². The van der Waals surface area contributed by atoms with Gasteiger partial charge in [0, 0.05) is 34.3 Å². The molecular weight excluding hydrogens is 435 g/mol. The molecule has 7 nitrogen and oxygen atoms in total. The number of alkyl halides is 3.